The molecule has 28 heavy (non-hydrogen) atoms. The van der Waals surface area contributed by atoms with Crippen molar-refractivity contribution in [1.82, 2.24) is 5.32 Å². The van der Waals surface area contributed by atoms with Crippen LogP contribution in [0, 0.1) is 0 Å². The Balaban J connectivity index is 1.46. The molecule has 5 nitrogen and oxygen atoms in total. The molecule has 0 spiro atoms. The third-order valence-electron chi connectivity index (χ3n) is 4.16. The molecule has 0 unspecified atom stereocenters. The van der Waals surface area contributed by atoms with Gasteiger partial charge in [0.05, 0.1) is 6.54 Å². The van der Waals surface area contributed by atoms with E-state index in [0.29, 0.717) is 16.9 Å². The van der Waals surface area contributed by atoms with Crippen molar-refractivity contribution in [3.63, 3.8) is 0 Å². The molecule has 0 aliphatic heterocycles. The molecule has 0 saturated heterocycles. The van der Waals surface area contributed by atoms with Crippen molar-refractivity contribution in [3.05, 3.63) is 96.1 Å². The maximum absolute atomic E-state index is 12.2. The minimum absolute atomic E-state index is 0.125. The van der Waals surface area contributed by atoms with Crippen molar-refractivity contribution in [1.29, 1.82) is 0 Å². The lowest BCUT2D eigenvalue weighted by atomic mass is 10.1. The molecule has 0 aliphatic carbocycles. The van der Waals surface area contributed by atoms with E-state index >= 15 is 0 Å². The molecule has 0 saturated carbocycles. The fourth-order valence-corrected chi connectivity index (χ4v) is 2.75. The summed E-state index contributed by atoms with van der Waals surface area (Å²) in [6.45, 7) is 0.956. The van der Waals surface area contributed by atoms with Crippen LogP contribution in [0.2, 0.25) is 0 Å². The third-order valence-corrected chi connectivity index (χ3v) is 4.16. The van der Waals surface area contributed by atoms with E-state index in [2.05, 4.69) is 28.1 Å². The number of nitrogens with one attached hydrogen (secondary N) is 3. The lowest BCUT2D eigenvalue weighted by Gasteiger charge is -2.10. The van der Waals surface area contributed by atoms with Gasteiger partial charge in [-0.2, -0.15) is 0 Å². The minimum Gasteiger partial charge on any atom is -0.325 e. The molecule has 3 N–H and O–H groups in total. The van der Waals surface area contributed by atoms with Gasteiger partial charge in [-0.05, 0) is 48.9 Å². The number of rotatable bonds is 8. The fraction of sp³-hybridized carbons (Fsp3) is 0.130. The minimum atomic E-state index is -0.188. The van der Waals surface area contributed by atoms with Crippen LogP contribution in [0.15, 0.2) is 84.9 Å². The summed E-state index contributed by atoms with van der Waals surface area (Å²) in [5, 5.41) is 8.82. The second-order valence-electron chi connectivity index (χ2n) is 6.36. The van der Waals surface area contributed by atoms with Crippen molar-refractivity contribution in [2.24, 2.45) is 0 Å². The zero-order valence-corrected chi connectivity index (χ0v) is 15.5. The summed E-state index contributed by atoms with van der Waals surface area (Å²) in [4.78, 5) is 24.3. The van der Waals surface area contributed by atoms with Crippen LogP contribution in [0.5, 0.6) is 0 Å². The largest absolute Gasteiger partial charge is 0.325 e. The van der Waals surface area contributed by atoms with Crippen LogP contribution in [0.4, 0.5) is 11.4 Å². The third kappa shape index (κ3) is 6.07. The first-order valence-corrected chi connectivity index (χ1v) is 9.22. The monoisotopic (exact) mass is 373 g/mol. The van der Waals surface area contributed by atoms with Gasteiger partial charge < -0.3 is 16.0 Å². The van der Waals surface area contributed by atoms with Crippen LogP contribution in [-0.4, -0.2) is 24.9 Å². The molecule has 142 valence electrons. The Hall–Kier alpha value is -3.44. The quantitative estimate of drug-likeness (QED) is 0.527. The van der Waals surface area contributed by atoms with Gasteiger partial charge in [-0.3, -0.25) is 9.59 Å². The second-order valence-corrected chi connectivity index (χ2v) is 6.36. The fourth-order valence-electron chi connectivity index (χ4n) is 2.75. The summed E-state index contributed by atoms with van der Waals surface area (Å²) in [6.07, 6.45) is 0.870. The van der Waals surface area contributed by atoms with Crippen molar-refractivity contribution in [2.45, 2.75) is 6.42 Å². The first-order chi connectivity index (χ1) is 13.7. The van der Waals surface area contributed by atoms with Crippen molar-refractivity contribution < 1.29 is 9.59 Å². The summed E-state index contributed by atoms with van der Waals surface area (Å²) in [5.41, 5.74) is 3.08. The maximum atomic E-state index is 12.2. The Morgan fingerprint density at radius 1 is 0.714 bits per heavy atom. The molecular weight excluding hydrogens is 350 g/mol. The van der Waals surface area contributed by atoms with Gasteiger partial charge in [-0.15, -0.1) is 0 Å². The number of carbonyl (C=O) groups excluding carboxylic acids is 2. The highest BCUT2D eigenvalue weighted by atomic mass is 16.2. The normalized spacial score (nSPS) is 10.3. The van der Waals surface area contributed by atoms with Gasteiger partial charge in [0, 0.05) is 16.9 Å². The Morgan fingerprint density at radius 3 is 2.07 bits per heavy atom. The predicted molar refractivity (Wildman–Crippen MR) is 112 cm³/mol. The van der Waals surface area contributed by atoms with Crippen LogP contribution in [-0.2, 0) is 11.2 Å². The first kappa shape index (κ1) is 19.3. The lowest BCUT2D eigenvalue weighted by Crippen LogP contribution is -2.29. The van der Waals surface area contributed by atoms with Crippen LogP contribution < -0.4 is 16.0 Å². The molecule has 0 atom stereocenters. The van der Waals surface area contributed by atoms with Crippen LogP contribution >= 0.6 is 0 Å². The SMILES string of the molecule is O=C(CNCCc1ccccc1)Nc1cccc(NC(=O)c2ccccc2)c1. The first-order valence-electron chi connectivity index (χ1n) is 9.22. The Morgan fingerprint density at radius 2 is 1.36 bits per heavy atom. The zero-order chi connectivity index (χ0) is 19.6. The smallest absolute Gasteiger partial charge is 0.255 e. The Kier molecular flexibility index (Phi) is 6.93. The van der Waals surface area contributed by atoms with Crippen LogP contribution in [0.3, 0.4) is 0 Å². The summed E-state index contributed by atoms with van der Waals surface area (Å²) in [6, 6.07) is 26.2. The van der Waals surface area contributed by atoms with E-state index in [1.165, 1.54) is 5.56 Å². The molecule has 0 heterocycles. The van der Waals surface area contributed by atoms with E-state index in [0.717, 1.165) is 13.0 Å². The van der Waals surface area contributed by atoms with Gasteiger partial charge in [0.15, 0.2) is 0 Å². The number of anilines is 2. The zero-order valence-electron chi connectivity index (χ0n) is 15.5. The molecule has 5 heteroatoms. The number of hydrogen-bond acceptors (Lipinski definition) is 3. The highest BCUT2D eigenvalue weighted by Crippen LogP contribution is 2.16. The number of amides is 2. The standard InChI is InChI=1S/C23H23N3O2/c27-22(17-24-15-14-18-8-3-1-4-9-18)25-20-12-7-13-21(16-20)26-23(28)19-10-5-2-6-11-19/h1-13,16,24H,14-15,17H2,(H,25,27)(H,26,28). The van der Waals surface area contributed by atoms with E-state index in [4.69, 9.17) is 0 Å². The molecule has 0 fully saturated rings. The summed E-state index contributed by atoms with van der Waals surface area (Å²) >= 11 is 0. The summed E-state index contributed by atoms with van der Waals surface area (Å²) in [5.74, 6) is -0.314. The van der Waals surface area contributed by atoms with Crippen LogP contribution in [0.25, 0.3) is 0 Å². The molecule has 2 amide bonds. The molecular formula is C23H23N3O2. The molecule has 0 aliphatic rings. The summed E-state index contributed by atoms with van der Waals surface area (Å²) < 4.78 is 0. The molecule has 3 aromatic rings. The lowest BCUT2D eigenvalue weighted by molar-refractivity contribution is -0.115. The van der Waals surface area contributed by atoms with E-state index in [9.17, 15) is 9.59 Å². The van der Waals surface area contributed by atoms with E-state index in [-0.39, 0.29) is 18.4 Å². The van der Waals surface area contributed by atoms with Crippen molar-refractivity contribution in [3.8, 4) is 0 Å². The molecule has 3 rings (SSSR count). The average Bonchev–Trinajstić information content (AvgIpc) is 2.73. The van der Waals surface area contributed by atoms with Gasteiger partial charge in [-0.1, -0.05) is 54.6 Å². The van der Waals surface area contributed by atoms with Gasteiger partial charge in [0.1, 0.15) is 0 Å². The Bertz CT molecular complexity index is 911. The Labute approximate surface area is 164 Å². The average molecular weight is 373 g/mol. The van der Waals surface area contributed by atoms with E-state index < -0.39 is 0 Å². The molecule has 3 aromatic carbocycles. The number of carbonyl (C=O) groups is 2. The van der Waals surface area contributed by atoms with Crippen molar-refractivity contribution >= 4 is 23.2 Å². The maximum Gasteiger partial charge on any atom is 0.255 e. The van der Waals surface area contributed by atoms with Gasteiger partial charge in [-0.25, -0.2) is 0 Å². The molecule has 0 aromatic heterocycles. The second kappa shape index (κ2) is 10.0. The van der Waals surface area contributed by atoms with Crippen LogP contribution in [0.1, 0.15) is 15.9 Å². The topological polar surface area (TPSA) is 70.2 Å². The van der Waals surface area contributed by atoms with E-state index in [1.807, 2.05) is 36.4 Å². The molecule has 0 radical (unpaired) electrons. The van der Waals surface area contributed by atoms with Crippen molar-refractivity contribution in [2.75, 3.05) is 23.7 Å². The molecule has 0 bridgehead atoms. The number of benzene rings is 3. The van der Waals surface area contributed by atoms with E-state index in [1.54, 1.807) is 36.4 Å². The van der Waals surface area contributed by atoms with Gasteiger partial charge in [0.25, 0.3) is 5.91 Å². The predicted octanol–water partition coefficient (Wildman–Crippen LogP) is 3.71. The van der Waals surface area contributed by atoms with Gasteiger partial charge in [0.2, 0.25) is 5.91 Å². The number of hydrogen-bond donors (Lipinski definition) is 3. The highest BCUT2D eigenvalue weighted by molar-refractivity contribution is 6.04. The summed E-state index contributed by atoms with van der Waals surface area (Å²) in [7, 11) is 0. The van der Waals surface area contributed by atoms with Gasteiger partial charge >= 0.3 is 0 Å². The highest BCUT2D eigenvalue weighted by Gasteiger charge is 2.07.